The first-order valence-electron chi connectivity index (χ1n) is 9.48. The van der Waals surface area contributed by atoms with Gasteiger partial charge in [0.05, 0.1) is 12.2 Å². The third kappa shape index (κ3) is 1.91. The molecule has 126 valence electrons. The van der Waals surface area contributed by atoms with Crippen molar-refractivity contribution in [2.45, 2.75) is 83.5 Å². The van der Waals surface area contributed by atoms with Gasteiger partial charge in [-0.3, -0.25) is 0 Å². The minimum Gasteiger partial charge on any atom is -0.393 e. The lowest BCUT2D eigenvalue weighted by atomic mass is 9.45. The van der Waals surface area contributed by atoms with Crippen molar-refractivity contribution >= 4 is 0 Å². The summed E-state index contributed by atoms with van der Waals surface area (Å²) in [5.41, 5.74) is 6.72. The summed E-state index contributed by atoms with van der Waals surface area (Å²) in [6.07, 6.45) is 8.79. The predicted octanol–water partition coefficient (Wildman–Crippen LogP) is 2.69. The Morgan fingerprint density at radius 2 is 1.59 bits per heavy atom. The second-order valence-corrected chi connectivity index (χ2v) is 9.47. The third-order valence-corrected chi connectivity index (χ3v) is 8.68. The lowest BCUT2D eigenvalue weighted by Gasteiger charge is -2.60. The molecule has 22 heavy (non-hydrogen) atoms. The van der Waals surface area contributed by atoms with E-state index in [-0.39, 0.29) is 23.7 Å². The van der Waals surface area contributed by atoms with Crippen LogP contribution in [0.5, 0.6) is 0 Å². The van der Waals surface area contributed by atoms with Crippen LogP contribution in [0.2, 0.25) is 0 Å². The Labute approximate surface area is 134 Å². The molecule has 9 atom stereocenters. The molecule has 0 aromatic carbocycles. The van der Waals surface area contributed by atoms with Crippen molar-refractivity contribution in [3.05, 3.63) is 0 Å². The van der Waals surface area contributed by atoms with Gasteiger partial charge < -0.3 is 15.9 Å². The maximum atomic E-state index is 10.6. The predicted molar refractivity (Wildman–Crippen MR) is 87.1 cm³/mol. The average molecular weight is 307 g/mol. The maximum absolute atomic E-state index is 10.6. The average Bonchev–Trinajstić information content (AvgIpc) is 2.72. The van der Waals surface area contributed by atoms with Crippen molar-refractivity contribution in [2.24, 2.45) is 40.2 Å². The Balaban J connectivity index is 1.63. The fourth-order valence-corrected chi connectivity index (χ4v) is 7.31. The molecule has 4 saturated carbocycles. The Hall–Kier alpha value is -0.120. The number of rotatable bonds is 0. The second-order valence-electron chi connectivity index (χ2n) is 9.47. The zero-order valence-corrected chi connectivity index (χ0v) is 14.2. The van der Waals surface area contributed by atoms with E-state index in [4.69, 9.17) is 5.73 Å². The van der Waals surface area contributed by atoms with Crippen molar-refractivity contribution in [1.82, 2.24) is 0 Å². The molecule has 3 heteroatoms. The molecule has 0 unspecified atom stereocenters. The van der Waals surface area contributed by atoms with Gasteiger partial charge >= 0.3 is 0 Å². The number of aliphatic hydroxyl groups is 2. The molecule has 0 aromatic heterocycles. The number of hydrogen-bond donors (Lipinski definition) is 3. The van der Waals surface area contributed by atoms with E-state index in [1.54, 1.807) is 0 Å². The summed E-state index contributed by atoms with van der Waals surface area (Å²) in [7, 11) is 0. The van der Waals surface area contributed by atoms with Gasteiger partial charge in [-0.25, -0.2) is 0 Å². The smallest absolute Gasteiger partial charge is 0.0747 e. The van der Waals surface area contributed by atoms with Crippen molar-refractivity contribution in [1.29, 1.82) is 0 Å². The Morgan fingerprint density at radius 3 is 2.36 bits per heavy atom. The van der Waals surface area contributed by atoms with Gasteiger partial charge in [-0.15, -0.1) is 0 Å². The standard InChI is InChI=1S/C19H33NO2/c1-18-7-5-12(21)9-11(18)3-4-13-14(18)6-8-19(2)15(13)10-16(20)17(19)22/h11-17,21-22H,3-10,20H2,1-2H3/t11-,12+,13-,14+,15-,16-,17-,18-,19-/m0/s1. The molecule has 0 bridgehead atoms. The van der Waals surface area contributed by atoms with Crippen LogP contribution in [-0.4, -0.2) is 28.5 Å². The van der Waals surface area contributed by atoms with E-state index in [0.717, 1.165) is 37.5 Å². The molecule has 3 nitrogen and oxygen atoms in total. The molecule has 4 rings (SSSR count). The van der Waals surface area contributed by atoms with Gasteiger partial charge in [0.25, 0.3) is 0 Å². The first-order valence-corrected chi connectivity index (χ1v) is 9.48. The molecular weight excluding hydrogens is 274 g/mol. The molecule has 4 aliphatic carbocycles. The van der Waals surface area contributed by atoms with Gasteiger partial charge in [0, 0.05) is 6.04 Å². The molecule has 0 aromatic rings. The number of fused-ring (bicyclic) bond motifs is 5. The van der Waals surface area contributed by atoms with Crippen LogP contribution < -0.4 is 5.73 Å². The lowest BCUT2D eigenvalue weighted by molar-refractivity contribution is -0.134. The zero-order valence-electron chi connectivity index (χ0n) is 14.2. The highest BCUT2D eigenvalue weighted by Crippen LogP contribution is 2.65. The minimum absolute atomic E-state index is 0.0209. The van der Waals surface area contributed by atoms with Crippen LogP contribution >= 0.6 is 0 Å². The van der Waals surface area contributed by atoms with Gasteiger partial charge in [0.2, 0.25) is 0 Å². The molecule has 0 heterocycles. The van der Waals surface area contributed by atoms with Crippen molar-refractivity contribution in [3.63, 3.8) is 0 Å². The highest BCUT2D eigenvalue weighted by Gasteiger charge is 2.61. The van der Waals surface area contributed by atoms with Crippen LogP contribution in [0.3, 0.4) is 0 Å². The molecular formula is C19H33NO2. The summed E-state index contributed by atoms with van der Waals surface area (Å²) >= 11 is 0. The van der Waals surface area contributed by atoms with Gasteiger partial charge in [-0.2, -0.15) is 0 Å². The molecule has 4 N–H and O–H groups in total. The van der Waals surface area contributed by atoms with Gasteiger partial charge in [0.15, 0.2) is 0 Å². The molecule has 4 fully saturated rings. The molecule has 0 amide bonds. The molecule has 0 spiro atoms. The third-order valence-electron chi connectivity index (χ3n) is 8.68. The van der Waals surface area contributed by atoms with Crippen molar-refractivity contribution in [2.75, 3.05) is 0 Å². The summed E-state index contributed by atoms with van der Waals surface area (Å²) in [6.45, 7) is 4.80. The largest absolute Gasteiger partial charge is 0.393 e. The van der Waals surface area contributed by atoms with Crippen molar-refractivity contribution < 1.29 is 10.2 Å². The van der Waals surface area contributed by atoms with Gasteiger partial charge in [-0.05, 0) is 85.9 Å². The monoisotopic (exact) mass is 307 g/mol. The Kier molecular flexibility index (Phi) is 3.46. The topological polar surface area (TPSA) is 66.5 Å². The van der Waals surface area contributed by atoms with Crippen LogP contribution in [0.25, 0.3) is 0 Å². The SMILES string of the molecule is C[C@]12CC[C@@H](O)C[C@@H]1CC[C@H]1[C@H]2CC[C@]2(C)[C@@H](O)[C@@H](N)C[C@@H]12. The fourth-order valence-electron chi connectivity index (χ4n) is 7.31. The summed E-state index contributed by atoms with van der Waals surface area (Å²) in [4.78, 5) is 0. The Bertz CT molecular complexity index is 455. The van der Waals surface area contributed by atoms with Gasteiger partial charge in [0.1, 0.15) is 0 Å². The van der Waals surface area contributed by atoms with Crippen LogP contribution in [0, 0.1) is 34.5 Å². The van der Waals surface area contributed by atoms with E-state index in [2.05, 4.69) is 13.8 Å². The highest BCUT2D eigenvalue weighted by molar-refractivity contribution is 5.12. The molecule has 4 aliphatic rings. The van der Waals surface area contributed by atoms with E-state index in [1.165, 1.54) is 25.7 Å². The van der Waals surface area contributed by atoms with E-state index >= 15 is 0 Å². The maximum Gasteiger partial charge on any atom is 0.0747 e. The summed E-state index contributed by atoms with van der Waals surface area (Å²) in [5.74, 6) is 2.86. The van der Waals surface area contributed by atoms with E-state index in [0.29, 0.717) is 17.3 Å². The number of aliphatic hydroxyl groups excluding tert-OH is 2. The summed E-state index contributed by atoms with van der Waals surface area (Å²) in [5, 5.41) is 20.7. The van der Waals surface area contributed by atoms with Crippen LogP contribution in [-0.2, 0) is 0 Å². The molecule has 0 saturated heterocycles. The van der Waals surface area contributed by atoms with Crippen LogP contribution in [0.15, 0.2) is 0 Å². The lowest BCUT2D eigenvalue weighted by Crippen LogP contribution is -2.54. The minimum atomic E-state index is -0.308. The molecule has 0 radical (unpaired) electrons. The normalized spacial score (nSPS) is 61.2. The van der Waals surface area contributed by atoms with Crippen LogP contribution in [0.1, 0.15) is 65.2 Å². The van der Waals surface area contributed by atoms with E-state index < -0.39 is 0 Å². The fraction of sp³-hybridized carbons (Fsp3) is 1.00. The van der Waals surface area contributed by atoms with Crippen LogP contribution in [0.4, 0.5) is 0 Å². The van der Waals surface area contributed by atoms with Gasteiger partial charge in [-0.1, -0.05) is 13.8 Å². The second kappa shape index (κ2) is 4.94. The highest BCUT2D eigenvalue weighted by atomic mass is 16.3. The zero-order chi connectivity index (χ0) is 15.7. The first kappa shape index (κ1) is 15.4. The van der Waals surface area contributed by atoms with Crippen molar-refractivity contribution in [3.8, 4) is 0 Å². The summed E-state index contributed by atoms with van der Waals surface area (Å²) in [6, 6.07) is -0.0209. The number of hydrogen-bond acceptors (Lipinski definition) is 3. The first-order chi connectivity index (χ1) is 10.4. The summed E-state index contributed by atoms with van der Waals surface area (Å²) < 4.78 is 0. The van der Waals surface area contributed by atoms with E-state index in [9.17, 15) is 10.2 Å². The number of nitrogens with two attached hydrogens (primary N) is 1. The van der Waals surface area contributed by atoms with E-state index in [1.807, 2.05) is 0 Å². The quantitative estimate of drug-likeness (QED) is 0.644. The molecule has 0 aliphatic heterocycles. The Morgan fingerprint density at radius 1 is 0.864 bits per heavy atom.